The van der Waals surface area contributed by atoms with Gasteiger partial charge in [-0.3, -0.25) is 4.90 Å². The molecule has 1 fully saturated rings. The molecule has 0 aromatic rings. The molecule has 84 valence electrons. The van der Waals surface area contributed by atoms with Gasteiger partial charge >= 0.3 is 11.8 Å². The highest BCUT2D eigenvalue weighted by Gasteiger charge is 2.62. The van der Waals surface area contributed by atoms with Gasteiger partial charge in [-0.1, -0.05) is 6.92 Å². The van der Waals surface area contributed by atoms with Crippen molar-refractivity contribution in [2.45, 2.75) is 31.2 Å². The molecule has 1 aliphatic rings. The number of nitrogens with zero attached hydrogens (tertiary/aromatic N) is 1. The number of hydrogen-bond acceptors (Lipinski definition) is 2. The Labute approximate surface area is 80.0 Å². The molecule has 1 rings (SSSR count). The lowest BCUT2D eigenvalue weighted by Gasteiger charge is -2.18. The Morgan fingerprint density at radius 2 is 1.64 bits per heavy atom. The third-order valence-electron chi connectivity index (χ3n) is 2.40. The van der Waals surface area contributed by atoms with Crippen LogP contribution in [0, 0.1) is 0 Å². The summed E-state index contributed by atoms with van der Waals surface area (Å²) in [6, 6.07) is -0.320. The molecule has 2 nitrogen and oxygen atoms in total. The first-order valence-corrected chi connectivity index (χ1v) is 4.52. The molecule has 0 aromatic heterocycles. The monoisotopic (exact) mass is 214 g/mol. The molecule has 14 heavy (non-hydrogen) atoms. The van der Waals surface area contributed by atoms with Crippen LogP contribution in [0.25, 0.3) is 0 Å². The summed E-state index contributed by atoms with van der Waals surface area (Å²) in [6.07, 6.45) is 0.591. The van der Waals surface area contributed by atoms with Crippen LogP contribution in [0.4, 0.5) is 17.6 Å². The van der Waals surface area contributed by atoms with Crippen molar-refractivity contribution in [3.05, 3.63) is 0 Å². The second kappa shape index (κ2) is 3.66. The Bertz CT molecular complexity index is 192. The summed E-state index contributed by atoms with van der Waals surface area (Å²) in [5.41, 5.74) is 5.50. The first-order valence-electron chi connectivity index (χ1n) is 4.52. The van der Waals surface area contributed by atoms with Crippen LogP contribution in [0.1, 0.15) is 13.3 Å². The fourth-order valence-corrected chi connectivity index (χ4v) is 1.44. The average Bonchev–Trinajstić information content (AvgIpc) is 2.20. The quantitative estimate of drug-likeness (QED) is 0.718. The largest absolute Gasteiger partial charge is 0.327 e. The number of halogens is 4. The minimum absolute atomic E-state index is 0.0989. The van der Waals surface area contributed by atoms with Gasteiger partial charge in [0.05, 0.1) is 13.1 Å². The van der Waals surface area contributed by atoms with Crippen molar-refractivity contribution in [2.75, 3.05) is 19.6 Å². The predicted molar refractivity (Wildman–Crippen MR) is 44.6 cm³/mol. The Morgan fingerprint density at radius 3 is 2.00 bits per heavy atom. The third kappa shape index (κ3) is 2.17. The number of nitrogens with two attached hydrogens (primary N) is 1. The molecule has 6 heteroatoms. The highest BCUT2D eigenvalue weighted by Crippen LogP contribution is 2.40. The fourth-order valence-electron chi connectivity index (χ4n) is 1.44. The minimum atomic E-state index is -3.92. The summed E-state index contributed by atoms with van der Waals surface area (Å²) in [4.78, 5) is 1.02. The Balaban J connectivity index is 2.55. The first kappa shape index (κ1) is 11.7. The van der Waals surface area contributed by atoms with Crippen LogP contribution < -0.4 is 5.73 Å². The SMILES string of the molecule is CC[C@H](N)CN1CC(F)(F)C(F)(F)C1. The summed E-state index contributed by atoms with van der Waals surface area (Å²) in [6.45, 7) is 0.0973. The van der Waals surface area contributed by atoms with Gasteiger partial charge in [-0.15, -0.1) is 0 Å². The molecule has 1 atom stereocenters. The topological polar surface area (TPSA) is 29.3 Å². The van der Waals surface area contributed by atoms with E-state index in [9.17, 15) is 17.6 Å². The van der Waals surface area contributed by atoms with Crippen molar-refractivity contribution in [2.24, 2.45) is 5.73 Å². The van der Waals surface area contributed by atoms with Crippen molar-refractivity contribution < 1.29 is 17.6 Å². The van der Waals surface area contributed by atoms with Gasteiger partial charge in [0, 0.05) is 12.6 Å². The first-order chi connectivity index (χ1) is 6.28. The number of alkyl halides is 4. The van der Waals surface area contributed by atoms with E-state index in [-0.39, 0.29) is 12.6 Å². The van der Waals surface area contributed by atoms with E-state index in [4.69, 9.17) is 5.73 Å². The van der Waals surface area contributed by atoms with Gasteiger partial charge in [0.15, 0.2) is 0 Å². The summed E-state index contributed by atoms with van der Waals surface area (Å²) < 4.78 is 50.8. The van der Waals surface area contributed by atoms with Gasteiger partial charge < -0.3 is 5.73 Å². The molecule has 0 unspecified atom stereocenters. The second-order valence-electron chi connectivity index (χ2n) is 3.75. The Morgan fingerprint density at radius 1 is 1.21 bits per heavy atom. The molecule has 2 N–H and O–H groups in total. The lowest BCUT2D eigenvalue weighted by atomic mass is 10.2. The van der Waals surface area contributed by atoms with Gasteiger partial charge in [0.2, 0.25) is 0 Å². The van der Waals surface area contributed by atoms with E-state index in [1.807, 2.05) is 0 Å². The van der Waals surface area contributed by atoms with Crippen molar-refractivity contribution in [1.29, 1.82) is 0 Å². The minimum Gasteiger partial charge on any atom is -0.327 e. The van der Waals surface area contributed by atoms with Crippen LogP contribution in [0.5, 0.6) is 0 Å². The van der Waals surface area contributed by atoms with Crippen LogP contribution in [-0.4, -0.2) is 42.4 Å². The van der Waals surface area contributed by atoms with E-state index in [2.05, 4.69) is 0 Å². The van der Waals surface area contributed by atoms with Gasteiger partial charge in [0.1, 0.15) is 0 Å². The maximum atomic E-state index is 12.7. The van der Waals surface area contributed by atoms with Crippen molar-refractivity contribution in [1.82, 2.24) is 4.90 Å². The molecule has 0 saturated carbocycles. The van der Waals surface area contributed by atoms with E-state index in [1.54, 1.807) is 6.92 Å². The van der Waals surface area contributed by atoms with Gasteiger partial charge in [0.25, 0.3) is 0 Å². The summed E-state index contributed by atoms with van der Waals surface area (Å²) in [7, 11) is 0. The van der Waals surface area contributed by atoms with Gasteiger partial charge in [-0.05, 0) is 6.42 Å². The van der Waals surface area contributed by atoms with Crippen LogP contribution in [0.15, 0.2) is 0 Å². The highest BCUT2D eigenvalue weighted by molar-refractivity contribution is 4.97. The fraction of sp³-hybridized carbons (Fsp3) is 1.00. The molecule has 0 bridgehead atoms. The van der Waals surface area contributed by atoms with E-state index in [0.717, 1.165) is 4.90 Å². The van der Waals surface area contributed by atoms with E-state index in [1.165, 1.54) is 0 Å². The normalized spacial score (nSPS) is 27.9. The molecule has 1 saturated heterocycles. The molecular weight excluding hydrogens is 200 g/mol. The maximum Gasteiger partial charge on any atom is 0.323 e. The highest BCUT2D eigenvalue weighted by atomic mass is 19.3. The average molecular weight is 214 g/mol. The molecule has 1 aliphatic heterocycles. The summed E-state index contributed by atoms with van der Waals surface area (Å²) >= 11 is 0. The third-order valence-corrected chi connectivity index (χ3v) is 2.40. The zero-order valence-corrected chi connectivity index (χ0v) is 7.94. The van der Waals surface area contributed by atoms with E-state index in [0.29, 0.717) is 6.42 Å². The standard InChI is InChI=1S/C8H14F4N2/c1-2-6(13)3-14-4-7(9,10)8(11,12)5-14/h6H,2-5,13H2,1H3/t6-/m0/s1. The lowest BCUT2D eigenvalue weighted by Crippen LogP contribution is -2.38. The van der Waals surface area contributed by atoms with Crippen LogP contribution in [-0.2, 0) is 0 Å². The molecule has 0 aromatic carbocycles. The van der Waals surface area contributed by atoms with Crippen LogP contribution in [0.3, 0.4) is 0 Å². The maximum absolute atomic E-state index is 12.7. The zero-order valence-electron chi connectivity index (χ0n) is 7.94. The van der Waals surface area contributed by atoms with E-state index < -0.39 is 24.9 Å². The number of likely N-dealkylation sites (tertiary alicyclic amines) is 1. The van der Waals surface area contributed by atoms with Gasteiger partial charge in [-0.2, -0.15) is 17.6 Å². The van der Waals surface area contributed by atoms with Crippen molar-refractivity contribution >= 4 is 0 Å². The van der Waals surface area contributed by atoms with Gasteiger partial charge in [-0.25, -0.2) is 0 Å². The van der Waals surface area contributed by atoms with Crippen LogP contribution >= 0.6 is 0 Å². The summed E-state index contributed by atoms with van der Waals surface area (Å²) in [5.74, 6) is -7.83. The van der Waals surface area contributed by atoms with Crippen molar-refractivity contribution in [3.8, 4) is 0 Å². The summed E-state index contributed by atoms with van der Waals surface area (Å²) in [5, 5.41) is 0. The smallest absolute Gasteiger partial charge is 0.323 e. The Kier molecular flexibility index (Phi) is 3.06. The van der Waals surface area contributed by atoms with Crippen LogP contribution in [0.2, 0.25) is 0 Å². The van der Waals surface area contributed by atoms with Crippen molar-refractivity contribution in [3.63, 3.8) is 0 Å². The number of hydrogen-bond donors (Lipinski definition) is 1. The second-order valence-corrected chi connectivity index (χ2v) is 3.75. The molecule has 1 heterocycles. The Hall–Kier alpha value is -0.360. The lowest BCUT2D eigenvalue weighted by molar-refractivity contribution is -0.172. The molecular formula is C8H14F4N2. The molecule has 0 aliphatic carbocycles. The predicted octanol–water partition coefficient (Wildman–Crippen LogP) is 1.31. The molecule has 0 radical (unpaired) electrons. The zero-order chi connectivity index (χ0) is 11.0. The number of rotatable bonds is 3. The molecule has 0 amide bonds. The van der Waals surface area contributed by atoms with E-state index >= 15 is 0 Å². The molecule has 0 spiro atoms.